The van der Waals surface area contributed by atoms with Crippen molar-refractivity contribution in [2.24, 2.45) is 5.92 Å². The van der Waals surface area contributed by atoms with Crippen molar-refractivity contribution in [3.8, 4) is 11.1 Å². The van der Waals surface area contributed by atoms with Crippen molar-refractivity contribution >= 4 is 9.73 Å². The standard InChI is InChI=1S/C16H19FN2O2S/c1-11(9-17)16(20)13-5-3-12(4-6-13)14-7-8-15(19-10-14)22(2,18)21/h3-8,10-11,16,18,20H,9H2,1-2H3/t11-,16+,22?/m1/s1. The molecule has 2 N–H and O–H groups in total. The Balaban J connectivity index is 2.24. The lowest BCUT2D eigenvalue weighted by atomic mass is 9.96. The van der Waals surface area contributed by atoms with E-state index in [1.807, 2.05) is 12.1 Å². The Morgan fingerprint density at radius 3 is 2.27 bits per heavy atom. The van der Waals surface area contributed by atoms with Crippen molar-refractivity contribution in [2.45, 2.75) is 18.1 Å². The highest BCUT2D eigenvalue weighted by Gasteiger charge is 2.16. The predicted octanol–water partition coefficient (Wildman–Crippen LogP) is 3.42. The molecule has 0 aliphatic heterocycles. The zero-order valence-electron chi connectivity index (χ0n) is 12.5. The smallest absolute Gasteiger partial charge is 0.135 e. The first-order valence-electron chi connectivity index (χ1n) is 6.87. The Morgan fingerprint density at radius 1 is 1.23 bits per heavy atom. The van der Waals surface area contributed by atoms with E-state index in [4.69, 9.17) is 4.78 Å². The topological polar surface area (TPSA) is 74.0 Å². The molecule has 2 aromatic rings. The van der Waals surface area contributed by atoms with Gasteiger partial charge in [0.15, 0.2) is 0 Å². The zero-order chi connectivity index (χ0) is 16.3. The molecule has 0 aliphatic rings. The zero-order valence-corrected chi connectivity index (χ0v) is 13.3. The predicted molar refractivity (Wildman–Crippen MR) is 84.8 cm³/mol. The summed E-state index contributed by atoms with van der Waals surface area (Å²) in [7, 11) is -2.81. The van der Waals surface area contributed by atoms with Gasteiger partial charge in [0.1, 0.15) is 5.03 Å². The minimum atomic E-state index is -2.81. The number of aromatic nitrogens is 1. The van der Waals surface area contributed by atoms with Crippen LogP contribution in [-0.4, -0.2) is 27.2 Å². The maximum atomic E-state index is 12.6. The van der Waals surface area contributed by atoms with E-state index in [0.29, 0.717) is 5.56 Å². The van der Waals surface area contributed by atoms with Crippen LogP contribution in [-0.2, 0) is 9.73 Å². The van der Waals surface area contributed by atoms with Crippen LogP contribution in [0.5, 0.6) is 0 Å². The van der Waals surface area contributed by atoms with Gasteiger partial charge in [-0.25, -0.2) is 14.0 Å². The maximum absolute atomic E-state index is 12.6. The number of nitrogens with one attached hydrogen (secondary N) is 1. The Hall–Kier alpha value is -1.79. The molecule has 1 aromatic heterocycles. The van der Waals surface area contributed by atoms with Crippen LogP contribution in [0.1, 0.15) is 18.6 Å². The monoisotopic (exact) mass is 322 g/mol. The van der Waals surface area contributed by atoms with Gasteiger partial charge in [0.05, 0.1) is 22.5 Å². The lowest BCUT2D eigenvalue weighted by Gasteiger charge is -2.16. The SMILES string of the molecule is C[C@H](CF)[C@H](O)c1ccc(-c2ccc(S(C)(=N)=O)nc2)cc1. The van der Waals surface area contributed by atoms with E-state index < -0.39 is 28.4 Å². The van der Waals surface area contributed by atoms with Gasteiger partial charge in [-0.05, 0) is 17.2 Å². The molecule has 3 atom stereocenters. The van der Waals surface area contributed by atoms with Gasteiger partial charge in [-0.1, -0.05) is 37.3 Å². The fourth-order valence-electron chi connectivity index (χ4n) is 2.07. The van der Waals surface area contributed by atoms with Gasteiger partial charge in [-0.2, -0.15) is 0 Å². The molecule has 1 unspecified atom stereocenters. The summed E-state index contributed by atoms with van der Waals surface area (Å²) in [4.78, 5) is 4.06. The van der Waals surface area contributed by atoms with Gasteiger partial charge in [-0.15, -0.1) is 0 Å². The first-order valence-corrected chi connectivity index (χ1v) is 8.84. The molecule has 0 saturated carbocycles. The Bertz CT molecular complexity index is 728. The van der Waals surface area contributed by atoms with E-state index in [1.165, 1.54) is 6.26 Å². The van der Waals surface area contributed by atoms with Gasteiger partial charge >= 0.3 is 0 Å². The van der Waals surface area contributed by atoms with E-state index in [1.54, 1.807) is 37.4 Å². The highest BCUT2D eigenvalue weighted by molar-refractivity contribution is 7.91. The van der Waals surface area contributed by atoms with Gasteiger partial charge in [0.2, 0.25) is 0 Å². The third kappa shape index (κ3) is 3.69. The van der Waals surface area contributed by atoms with E-state index >= 15 is 0 Å². The fraction of sp³-hybridized carbons (Fsp3) is 0.312. The minimum Gasteiger partial charge on any atom is -0.388 e. The third-order valence-corrected chi connectivity index (χ3v) is 4.54. The molecule has 0 radical (unpaired) electrons. The number of hydrogen-bond donors (Lipinski definition) is 2. The number of nitrogens with zero attached hydrogens (tertiary/aromatic N) is 1. The number of alkyl halides is 1. The van der Waals surface area contributed by atoms with Crippen molar-refractivity contribution in [1.82, 2.24) is 4.98 Å². The van der Waals surface area contributed by atoms with Crippen LogP contribution in [0.4, 0.5) is 4.39 Å². The van der Waals surface area contributed by atoms with Crippen molar-refractivity contribution in [1.29, 1.82) is 4.78 Å². The molecule has 0 saturated heterocycles. The van der Waals surface area contributed by atoms with Gasteiger partial charge in [-0.3, -0.25) is 4.39 Å². The van der Waals surface area contributed by atoms with Crippen LogP contribution in [0.2, 0.25) is 0 Å². The van der Waals surface area contributed by atoms with Gasteiger partial charge < -0.3 is 5.11 Å². The number of pyridine rings is 1. The van der Waals surface area contributed by atoms with Crippen LogP contribution in [0.15, 0.2) is 47.6 Å². The summed E-state index contributed by atoms with van der Waals surface area (Å²) in [6, 6.07) is 10.5. The van der Waals surface area contributed by atoms with E-state index in [-0.39, 0.29) is 5.03 Å². The fourth-order valence-corrected chi connectivity index (χ4v) is 2.65. The third-order valence-electron chi connectivity index (χ3n) is 3.50. The van der Waals surface area contributed by atoms with E-state index in [9.17, 15) is 13.7 Å². The Kier molecular flexibility index (Phi) is 4.93. The molecular formula is C16H19FN2O2S. The normalized spacial score (nSPS) is 16.7. The van der Waals surface area contributed by atoms with Crippen LogP contribution in [0.3, 0.4) is 0 Å². The van der Waals surface area contributed by atoms with Gasteiger partial charge in [0, 0.05) is 23.9 Å². The second kappa shape index (κ2) is 6.54. The molecule has 0 aliphatic carbocycles. The van der Waals surface area contributed by atoms with Crippen molar-refractivity contribution in [2.75, 3.05) is 12.9 Å². The van der Waals surface area contributed by atoms with E-state index in [2.05, 4.69) is 4.98 Å². The molecule has 0 spiro atoms. The summed E-state index contributed by atoms with van der Waals surface area (Å²) in [5.74, 6) is -0.443. The second-order valence-electron chi connectivity index (χ2n) is 5.43. The number of hydrogen-bond acceptors (Lipinski definition) is 4. The average Bonchev–Trinajstić information content (AvgIpc) is 2.53. The number of aliphatic hydroxyl groups excluding tert-OH is 1. The second-order valence-corrected chi connectivity index (χ2v) is 7.53. The maximum Gasteiger partial charge on any atom is 0.135 e. The summed E-state index contributed by atoms with van der Waals surface area (Å²) in [5, 5.41) is 10.2. The van der Waals surface area contributed by atoms with Gasteiger partial charge in [0.25, 0.3) is 0 Å². The number of halogens is 1. The summed E-state index contributed by atoms with van der Waals surface area (Å²) < 4.78 is 31.7. The minimum absolute atomic E-state index is 0.250. The Morgan fingerprint density at radius 2 is 1.82 bits per heavy atom. The number of rotatable bonds is 5. The van der Waals surface area contributed by atoms with Crippen LogP contribution < -0.4 is 0 Å². The van der Waals surface area contributed by atoms with Crippen molar-refractivity contribution in [3.63, 3.8) is 0 Å². The quantitative estimate of drug-likeness (QED) is 0.885. The van der Waals surface area contributed by atoms with Crippen molar-refractivity contribution in [3.05, 3.63) is 48.2 Å². The molecule has 6 heteroatoms. The summed E-state index contributed by atoms with van der Waals surface area (Å²) >= 11 is 0. The highest BCUT2D eigenvalue weighted by Crippen LogP contribution is 2.26. The molecule has 0 fully saturated rings. The first kappa shape index (κ1) is 16.6. The molecular weight excluding hydrogens is 303 g/mol. The molecule has 1 heterocycles. The summed E-state index contributed by atoms with van der Waals surface area (Å²) in [6.07, 6.45) is 2.08. The first-order chi connectivity index (χ1) is 10.3. The molecule has 4 nitrogen and oxygen atoms in total. The largest absolute Gasteiger partial charge is 0.388 e. The summed E-state index contributed by atoms with van der Waals surface area (Å²) in [5.41, 5.74) is 2.38. The van der Waals surface area contributed by atoms with Crippen LogP contribution in [0.25, 0.3) is 11.1 Å². The highest BCUT2D eigenvalue weighted by atomic mass is 32.2. The Labute approximate surface area is 130 Å². The molecule has 1 aromatic carbocycles. The summed E-state index contributed by atoms with van der Waals surface area (Å²) in [6.45, 7) is 1.09. The number of aliphatic hydroxyl groups is 1. The average molecular weight is 322 g/mol. The lowest BCUT2D eigenvalue weighted by Crippen LogP contribution is -2.10. The molecule has 0 bridgehead atoms. The van der Waals surface area contributed by atoms with Crippen LogP contribution >= 0.6 is 0 Å². The van der Waals surface area contributed by atoms with E-state index in [0.717, 1.165) is 11.1 Å². The number of benzene rings is 1. The van der Waals surface area contributed by atoms with Crippen LogP contribution in [0, 0.1) is 10.7 Å². The molecule has 118 valence electrons. The molecule has 2 rings (SSSR count). The molecule has 22 heavy (non-hydrogen) atoms. The molecule has 0 amide bonds. The van der Waals surface area contributed by atoms with Crippen molar-refractivity contribution < 1.29 is 13.7 Å². The lowest BCUT2D eigenvalue weighted by molar-refractivity contribution is 0.102.